The normalized spacial score (nSPS) is 10.3. The van der Waals surface area contributed by atoms with Crippen molar-refractivity contribution in [3.63, 3.8) is 0 Å². The Bertz CT molecular complexity index is 579. The second-order valence-electron chi connectivity index (χ2n) is 4.01. The van der Waals surface area contributed by atoms with E-state index >= 15 is 0 Å². The number of hydrogen-bond acceptors (Lipinski definition) is 5. The van der Waals surface area contributed by atoms with Crippen LogP contribution in [0.1, 0.15) is 11.3 Å². The summed E-state index contributed by atoms with van der Waals surface area (Å²) in [6.45, 7) is 2.29. The molecule has 0 spiro atoms. The van der Waals surface area contributed by atoms with E-state index in [4.69, 9.17) is 0 Å². The van der Waals surface area contributed by atoms with Gasteiger partial charge in [0.1, 0.15) is 11.4 Å². The van der Waals surface area contributed by atoms with E-state index in [9.17, 15) is 10.1 Å². The first-order valence-electron chi connectivity index (χ1n) is 5.40. The minimum Gasteiger partial charge on any atom is -0.374 e. The van der Waals surface area contributed by atoms with Crippen molar-refractivity contribution in [3.05, 3.63) is 45.8 Å². The quantitative estimate of drug-likeness (QED) is 0.655. The number of rotatable bonds is 4. The van der Waals surface area contributed by atoms with Gasteiger partial charge in [-0.15, -0.1) is 5.10 Å². The van der Waals surface area contributed by atoms with Crippen LogP contribution in [-0.2, 0) is 13.6 Å². The Kier molecular flexibility index (Phi) is 3.22. The molecule has 0 atom stereocenters. The SMILES string of the molecule is Cc1ccc([N+](=O)[O-])c(NCc2cn(C)nn2)c1. The van der Waals surface area contributed by atoms with E-state index < -0.39 is 4.92 Å². The number of aryl methyl sites for hydroxylation is 2. The van der Waals surface area contributed by atoms with Crippen molar-refractivity contribution in [2.24, 2.45) is 7.05 Å². The topological polar surface area (TPSA) is 85.9 Å². The van der Waals surface area contributed by atoms with Crippen molar-refractivity contribution in [2.45, 2.75) is 13.5 Å². The Hall–Kier alpha value is -2.44. The van der Waals surface area contributed by atoms with Gasteiger partial charge in [0.25, 0.3) is 5.69 Å². The molecule has 0 unspecified atom stereocenters. The van der Waals surface area contributed by atoms with Crippen LogP contribution in [0.25, 0.3) is 0 Å². The molecule has 0 fully saturated rings. The molecule has 0 saturated heterocycles. The number of nitro benzene ring substituents is 1. The van der Waals surface area contributed by atoms with E-state index in [2.05, 4.69) is 15.6 Å². The van der Waals surface area contributed by atoms with Crippen molar-refractivity contribution in [3.8, 4) is 0 Å². The number of anilines is 1. The highest BCUT2D eigenvalue weighted by molar-refractivity contribution is 5.62. The van der Waals surface area contributed by atoms with Gasteiger partial charge < -0.3 is 5.32 Å². The van der Waals surface area contributed by atoms with Crippen LogP contribution >= 0.6 is 0 Å². The van der Waals surface area contributed by atoms with Crippen molar-refractivity contribution in [1.29, 1.82) is 0 Å². The molecule has 0 amide bonds. The molecule has 1 aromatic heterocycles. The number of nitro groups is 1. The standard InChI is InChI=1S/C11H13N5O2/c1-8-3-4-11(16(17)18)10(5-8)12-6-9-7-15(2)14-13-9/h3-5,7,12H,6H2,1-2H3. The summed E-state index contributed by atoms with van der Waals surface area (Å²) in [5.41, 5.74) is 2.24. The second kappa shape index (κ2) is 4.82. The fourth-order valence-corrected chi connectivity index (χ4v) is 1.61. The average Bonchev–Trinajstić information content (AvgIpc) is 2.72. The number of nitrogens with zero attached hydrogens (tertiary/aromatic N) is 4. The molecule has 1 aromatic carbocycles. The summed E-state index contributed by atoms with van der Waals surface area (Å²) >= 11 is 0. The maximum Gasteiger partial charge on any atom is 0.292 e. The zero-order valence-electron chi connectivity index (χ0n) is 10.1. The molecule has 2 aromatic rings. The van der Waals surface area contributed by atoms with E-state index in [0.29, 0.717) is 12.2 Å². The minimum absolute atomic E-state index is 0.0597. The summed E-state index contributed by atoms with van der Waals surface area (Å²) < 4.78 is 1.58. The number of nitrogens with one attached hydrogen (secondary N) is 1. The third kappa shape index (κ3) is 2.62. The predicted octanol–water partition coefficient (Wildman–Crippen LogP) is 1.64. The third-order valence-corrected chi connectivity index (χ3v) is 2.46. The first kappa shape index (κ1) is 12.0. The van der Waals surface area contributed by atoms with Crippen molar-refractivity contribution >= 4 is 11.4 Å². The van der Waals surface area contributed by atoms with E-state index in [1.165, 1.54) is 6.07 Å². The van der Waals surface area contributed by atoms with Crippen LogP contribution < -0.4 is 5.32 Å². The van der Waals surface area contributed by atoms with E-state index in [1.54, 1.807) is 30.1 Å². The molecule has 0 aliphatic heterocycles. The molecule has 0 radical (unpaired) electrons. The van der Waals surface area contributed by atoms with E-state index in [-0.39, 0.29) is 5.69 Å². The Balaban J connectivity index is 2.17. The Morgan fingerprint density at radius 1 is 1.50 bits per heavy atom. The summed E-state index contributed by atoms with van der Waals surface area (Å²) in [7, 11) is 1.77. The van der Waals surface area contributed by atoms with Gasteiger partial charge in [0.05, 0.1) is 11.5 Å². The molecule has 1 heterocycles. The molecular weight excluding hydrogens is 234 g/mol. The lowest BCUT2D eigenvalue weighted by Gasteiger charge is -2.06. The lowest BCUT2D eigenvalue weighted by atomic mass is 10.2. The highest BCUT2D eigenvalue weighted by Crippen LogP contribution is 2.25. The van der Waals surface area contributed by atoms with Crippen LogP contribution in [-0.4, -0.2) is 19.9 Å². The van der Waals surface area contributed by atoms with Crippen LogP contribution in [0.5, 0.6) is 0 Å². The van der Waals surface area contributed by atoms with Crippen molar-refractivity contribution < 1.29 is 4.92 Å². The van der Waals surface area contributed by atoms with Crippen LogP contribution in [0.15, 0.2) is 24.4 Å². The Morgan fingerprint density at radius 2 is 2.28 bits per heavy atom. The van der Waals surface area contributed by atoms with Gasteiger partial charge in [-0.2, -0.15) is 0 Å². The fourth-order valence-electron chi connectivity index (χ4n) is 1.61. The van der Waals surface area contributed by atoms with Crippen molar-refractivity contribution in [1.82, 2.24) is 15.0 Å². The lowest BCUT2D eigenvalue weighted by Crippen LogP contribution is -2.03. The first-order valence-corrected chi connectivity index (χ1v) is 5.40. The number of benzene rings is 1. The van der Waals surface area contributed by atoms with Crippen LogP contribution in [0.4, 0.5) is 11.4 Å². The Morgan fingerprint density at radius 3 is 2.89 bits per heavy atom. The lowest BCUT2D eigenvalue weighted by molar-refractivity contribution is -0.384. The maximum atomic E-state index is 10.9. The predicted molar refractivity (Wildman–Crippen MR) is 66.2 cm³/mol. The first-order chi connectivity index (χ1) is 8.56. The van der Waals surface area contributed by atoms with Crippen molar-refractivity contribution in [2.75, 3.05) is 5.32 Å². The fraction of sp³-hybridized carbons (Fsp3) is 0.273. The molecule has 0 saturated carbocycles. The number of aromatic nitrogens is 3. The largest absolute Gasteiger partial charge is 0.374 e. The van der Waals surface area contributed by atoms with E-state index in [1.807, 2.05) is 6.92 Å². The van der Waals surface area contributed by atoms with Gasteiger partial charge in [0.2, 0.25) is 0 Å². The summed E-state index contributed by atoms with van der Waals surface area (Å²) in [6, 6.07) is 4.95. The number of hydrogen-bond donors (Lipinski definition) is 1. The molecular formula is C11H13N5O2. The van der Waals surface area contributed by atoms with Gasteiger partial charge in [-0.3, -0.25) is 14.8 Å². The van der Waals surface area contributed by atoms with E-state index in [0.717, 1.165) is 11.3 Å². The molecule has 18 heavy (non-hydrogen) atoms. The monoisotopic (exact) mass is 247 g/mol. The van der Waals surface area contributed by atoms with Crippen LogP contribution in [0.3, 0.4) is 0 Å². The van der Waals surface area contributed by atoms with Gasteiger partial charge in [0, 0.05) is 19.3 Å². The summed E-state index contributed by atoms with van der Waals surface area (Å²) in [4.78, 5) is 10.5. The Labute approximate surface area is 104 Å². The third-order valence-electron chi connectivity index (χ3n) is 2.46. The summed E-state index contributed by atoms with van der Waals surface area (Å²) in [5.74, 6) is 0. The summed E-state index contributed by atoms with van der Waals surface area (Å²) in [5, 5.41) is 21.6. The molecule has 0 bridgehead atoms. The van der Waals surface area contributed by atoms with Gasteiger partial charge in [0.15, 0.2) is 0 Å². The van der Waals surface area contributed by atoms with Gasteiger partial charge in [-0.05, 0) is 18.6 Å². The average molecular weight is 247 g/mol. The molecule has 0 aliphatic carbocycles. The zero-order valence-corrected chi connectivity index (χ0v) is 10.1. The molecule has 94 valence electrons. The molecule has 1 N–H and O–H groups in total. The smallest absolute Gasteiger partial charge is 0.292 e. The highest BCUT2D eigenvalue weighted by atomic mass is 16.6. The maximum absolute atomic E-state index is 10.9. The van der Waals surface area contributed by atoms with Gasteiger partial charge >= 0.3 is 0 Å². The molecule has 2 rings (SSSR count). The molecule has 7 nitrogen and oxygen atoms in total. The second-order valence-corrected chi connectivity index (χ2v) is 4.01. The minimum atomic E-state index is -0.404. The highest BCUT2D eigenvalue weighted by Gasteiger charge is 2.13. The zero-order chi connectivity index (χ0) is 13.1. The van der Waals surface area contributed by atoms with Crippen LogP contribution in [0.2, 0.25) is 0 Å². The summed E-state index contributed by atoms with van der Waals surface area (Å²) in [6.07, 6.45) is 1.76. The molecule has 7 heteroatoms. The van der Waals surface area contributed by atoms with Gasteiger partial charge in [-0.1, -0.05) is 11.3 Å². The molecule has 0 aliphatic rings. The van der Waals surface area contributed by atoms with Gasteiger partial charge in [-0.25, -0.2) is 0 Å². The van der Waals surface area contributed by atoms with Crippen LogP contribution in [0, 0.1) is 17.0 Å².